The molecule has 0 radical (unpaired) electrons. The normalized spacial score (nSPS) is 17.4. The Morgan fingerprint density at radius 1 is 1.13 bits per heavy atom. The Kier molecular flexibility index (Phi) is 6.38. The molecule has 30 heavy (non-hydrogen) atoms. The van der Waals surface area contributed by atoms with Crippen molar-refractivity contribution in [2.24, 2.45) is 0 Å². The van der Waals surface area contributed by atoms with Crippen molar-refractivity contribution in [3.05, 3.63) is 82.2 Å². The highest BCUT2D eigenvalue weighted by atomic mass is 19.1. The van der Waals surface area contributed by atoms with Gasteiger partial charge in [-0.25, -0.2) is 4.39 Å². The summed E-state index contributed by atoms with van der Waals surface area (Å²) in [4.78, 5) is 2.59. The third-order valence-corrected chi connectivity index (χ3v) is 6.52. The van der Waals surface area contributed by atoms with Crippen LogP contribution in [0.5, 0.6) is 5.75 Å². The van der Waals surface area contributed by atoms with Crippen molar-refractivity contribution in [1.29, 1.82) is 0 Å². The molecule has 1 fully saturated rings. The number of ether oxygens (including phenoxy) is 1. The molecular formula is C27H32FNO. The molecule has 2 nitrogen and oxygen atoms in total. The monoisotopic (exact) mass is 405 g/mol. The van der Waals surface area contributed by atoms with E-state index in [-0.39, 0.29) is 5.82 Å². The number of benzene rings is 2. The van der Waals surface area contributed by atoms with Crippen molar-refractivity contribution >= 4 is 5.57 Å². The topological polar surface area (TPSA) is 12.5 Å². The average Bonchev–Trinajstić information content (AvgIpc) is 3.09. The molecule has 0 atom stereocenters. The molecule has 0 unspecified atom stereocenters. The molecular weight excluding hydrogens is 373 g/mol. The van der Waals surface area contributed by atoms with Crippen LogP contribution in [-0.2, 0) is 19.5 Å². The Morgan fingerprint density at radius 2 is 1.93 bits per heavy atom. The first-order valence-electron chi connectivity index (χ1n) is 11.2. The molecule has 0 spiro atoms. The Morgan fingerprint density at radius 3 is 2.63 bits per heavy atom. The molecule has 2 aromatic rings. The summed E-state index contributed by atoms with van der Waals surface area (Å²) in [5, 5.41) is 0. The lowest BCUT2D eigenvalue weighted by atomic mass is 9.92. The van der Waals surface area contributed by atoms with Crippen molar-refractivity contribution in [2.75, 3.05) is 6.61 Å². The van der Waals surface area contributed by atoms with Crippen LogP contribution in [0.1, 0.15) is 60.9 Å². The van der Waals surface area contributed by atoms with E-state index < -0.39 is 0 Å². The van der Waals surface area contributed by atoms with Crippen molar-refractivity contribution < 1.29 is 9.13 Å². The maximum atomic E-state index is 14.7. The minimum atomic E-state index is -0.159. The van der Waals surface area contributed by atoms with Crippen LogP contribution < -0.4 is 4.74 Å². The van der Waals surface area contributed by atoms with Gasteiger partial charge in [0.1, 0.15) is 11.6 Å². The zero-order valence-corrected chi connectivity index (χ0v) is 18.4. The largest absolute Gasteiger partial charge is 0.493 e. The lowest BCUT2D eigenvalue weighted by molar-refractivity contribution is 0.126. The van der Waals surface area contributed by atoms with Crippen LogP contribution in [0.4, 0.5) is 4.39 Å². The quantitative estimate of drug-likeness (QED) is 0.481. The van der Waals surface area contributed by atoms with E-state index in [0.717, 1.165) is 41.6 Å². The summed E-state index contributed by atoms with van der Waals surface area (Å²) in [6.45, 7) is 8.58. The summed E-state index contributed by atoms with van der Waals surface area (Å²) in [6, 6.07) is 10.8. The molecule has 2 aliphatic rings. The Bertz CT molecular complexity index is 971. The highest BCUT2D eigenvalue weighted by Crippen LogP contribution is 2.34. The van der Waals surface area contributed by atoms with Gasteiger partial charge in [0.05, 0.1) is 6.61 Å². The summed E-state index contributed by atoms with van der Waals surface area (Å²) >= 11 is 0. The summed E-state index contributed by atoms with van der Waals surface area (Å²) < 4.78 is 20.7. The van der Waals surface area contributed by atoms with E-state index in [1.165, 1.54) is 30.4 Å². The number of hydrogen-bond donors (Lipinski definition) is 0. The number of fused-ring (bicyclic) bond motifs is 1. The van der Waals surface area contributed by atoms with Gasteiger partial charge in [0.2, 0.25) is 0 Å². The number of nitrogens with zero attached hydrogens (tertiary/aromatic N) is 1. The second-order valence-corrected chi connectivity index (χ2v) is 8.52. The first-order chi connectivity index (χ1) is 14.6. The van der Waals surface area contributed by atoms with E-state index in [2.05, 4.69) is 23.1 Å². The standard InChI is InChI=1S/C27H32FNO/c1-4-7-20(5-2)26-16-27(28)21(14-19(26)3)12-13-30-25-11-10-22-17-29(18-23(22)15-25)24-8-6-9-24/h4-5,7,10-11,14-16,24H,6,8-9,12-13,17-18H2,1-3H3/b7-4-,20-5+. The summed E-state index contributed by atoms with van der Waals surface area (Å²) in [5.74, 6) is 0.732. The average molecular weight is 406 g/mol. The van der Waals surface area contributed by atoms with Crippen molar-refractivity contribution in [2.45, 2.75) is 65.6 Å². The minimum absolute atomic E-state index is 0.159. The van der Waals surface area contributed by atoms with Gasteiger partial charge < -0.3 is 4.74 Å². The Hall–Kier alpha value is -2.39. The fraction of sp³-hybridized carbons (Fsp3) is 0.407. The Labute approximate surface area is 180 Å². The predicted molar refractivity (Wildman–Crippen MR) is 122 cm³/mol. The van der Waals surface area contributed by atoms with Crippen molar-refractivity contribution in [3.63, 3.8) is 0 Å². The molecule has 0 N–H and O–H groups in total. The van der Waals surface area contributed by atoms with E-state index in [9.17, 15) is 4.39 Å². The fourth-order valence-corrected chi connectivity index (χ4v) is 4.54. The van der Waals surface area contributed by atoms with Gasteiger partial charge in [-0.1, -0.05) is 36.8 Å². The van der Waals surface area contributed by atoms with E-state index in [4.69, 9.17) is 4.74 Å². The lowest BCUT2D eigenvalue weighted by Crippen LogP contribution is -2.36. The van der Waals surface area contributed by atoms with Crippen molar-refractivity contribution in [3.8, 4) is 5.75 Å². The van der Waals surface area contributed by atoms with Gasteiger partial charge in [-0.2, -0.15) is 0 Å². The zero-order valence-electron chi connectivity index (χ0n) is 18.4. The molecule has 4 rings (SSSR count). The van der Waals surface area contributed by atoms with Crippen molar-refractivity contribution in [1.82, 2.24) is 4.90 Å². The van der Waals surface area contributed by atoms with Gasteiger partial charge >= 0.3 is 0 Å². The molecule has 1 heterocycles. The number of allylic oxidation sites excluding steroid dienone is 4. The maximum absolute atomic E-state index is 14.7. The second-order valence-electron chi connectivity index (χ2n) is 8.52. The first-order valence-corrected chi connectivity index (χ1v) is 11.2. The third-order valence-electron chi connectivity index (χ3n) is 6.52. The smallest absolute Gasteiger partial charge is 0.127 e. The molecule has 0 aromatic heterocycles. The number of hydrogen-bond acceptors (Lipinski definition) is 2. The highest BCUT2D eigenvalue weighted by molar-refractivity contribution is 5.75. The minimum Gasteiger partial charge on any atom is -0.493 e. The molecule has 1 aliphatic heterocycles. The molecule has 3 heteroatoms. The van der Waals surface area contributed by atoms with Crippen LogP contribution in [0, 0.1) is 12.7 Å². The van der Waals surface area contributed by atoms with Gasteiger partial charge in [-0.3, -0.25) is 4.90 Å². The molecule has 0 bridgehead atoms. The van der Waals surface area contributed by atoms with E-state index in [1.807, 2.05) is 45.1 Å². The predicted octanol–water partition coefficient (Wildman–Crippen LogP) is 6.60. The molecule has 158 valence electrons. The molecule has 1 aliphatic carbocycles. The van der Waals surface area contributed by atoms with Crippen LogP contribution in [0.25, 0.3) is 5.57 Å². The number of aryl methyl sites for hydroxylation is 1. The summed E-state index contributed by atoms with van der Waals surface area (Å²) in [5.41, 5.74) is 6.61. The van der Waals surface area contributed by atoms with Crippen LogP contribution in [-0.4, -0.2) is 17.5 Å². The number of rotatable bonds is 7. The maximum Gasteiger partial charge on any atom is 0.127 e. The van der Waals surface area contributed by atoms with Crippen LogP contribution in [0.3, 0.4) is 0 Å². The SMILES string of the molecule is C/C=C\C(=C/C)c1cc(F)c(CCOc2ccc3c(c2)CN(C2CCC2)C3)cc1C. The number of halogens is 1. The molecule has 2 aromatic carbocycles. The van der Waals surface area contributed by atoms with Gasteiger partial charge in [0, 0.05) is 25.6 Å². The van der Waals surface area contributed by atoms with Gasteiger partial charge in [-0.15, -0.1) is 0 Å². The Balaban J connectivity index is 1.37. The first kappa shape index (κ1) is 20.9. The van der Waals surface area contributed by atoms with Gasteiger partial charge in [0.25, 0.3) is 0 Å². The van der Waals surface area contributed by atoms with Gasteiger partial charge in [-0.05, 0) is 85.2 Å². The summed E-state index contributed by atoms with van der Waals surface area (Å²) in [7, 11) is 0. The van der Waals surface area contributed by atoms with Crippen LogP contribution >= 0.6 is 0 Å². The highest BCUT2D eigenvalue weighted by Gasteiger charge is 2.29. The van der Waals surface area contributed by atoms with Crippen LogP contribution in [0.15, 0.2) is 48.6 Å². The molecule has 1 saturated carbocycles. The zero-order chi connectivity index (χ0) is 21.1. The fourth-order valence-electron chi connectivity index (χ4n) is 4.54. The van der Waals surface area contributed by atoms with Gasteiger partial charge in [0.15, 0.2) is 0 Å². The lowest BCUT2D eigenvalue weighted by Gasteiger charge is -2.34. The van der Waals surface area contributed by atoms with E-state index >= 15 is 0 Å². The summed E-state index contributed by atoms with van der Waals surface area (Å²) in [6.07, 6.45) is 10.6. The third kappa shape index (κ3) is 4.37. The molecule has 0 saturated heterocycles. The molecule has 0 amide bonds. The van der Waals surface area contributed by atoms with E-state index in [1.54, 1.807) is 6.07 Å². The second kappa shape index (κ2) is 9.18. The van der Waals surface area contributed by atoms with Crippen LogP contribution in [0.2, 0.25) is 0 Å². The van der Waals surface area contributed by atoms with E-state index in [0.29, 0.717) is 18.6 Å².